The predicted molar refractivity (Wildman–Crippen MR) is 66.8 cm³/mol. The number of nitrogen functional groups attached to an aromatic ring is 1. The van der Waals surface area contributed by atoms with Crippen LogP contribution < -0.4 is 5.73 Å². The van der Waals surface area contributed by atoms with E-state index in [0.717, 1.165) is 0 Å². The number of carbonyl (C=O) groups is 1. The zero-order chi connectivity index (χ0) is 14.5. The second-order valence-corrected chi connectivity index (χ2v) is 5.36. The number of ether oxygens (including phenoxy) is 3. The molecule has 3 N–H and O–H groups in total. The number of fused-ring (bicyclic) bond motifs is 1. The summed E-state index contributed by atoms with van der Waals surface area (Å²) in [5.74, 6) is -0.559. The van der Waals surface area contributed by atoms with Gasteiger partial charge in [-0.05, 0) is 13.8 Å². The quantitative estimate of drug-likeness (QED) is 0.732. The van der Waals surface area contributed by atoms with Crippen LogP contribution in [0.4, 0.5) is 5.82 Å². The van der Waals surface area contributed by atoms with Crippen LogP contribution in [0.5, 0.6) is 0 Å². The van der Waals surface area contributed by atoms with Gasteiger partial charge in [0, 0.05) is 0 Å². The lowest BCUT2D eigenvalue weighted by atomic mass is 10.1. The third-order valence-electron chi connectivity index (χ3n) is 3.54. The number of anilines is 1. The highest BCUT2D eigenvalue weighted by Crippen LogP contribution is 2.43. The number of aromatic nitrogens is 2. The minimum absolute atomic E-state index is 0.196. The van der Waals surface area contributed by atoms with Crippen molar-refractivity contribution < 1.29 is 24.1 Å². The second-order valence-electron chi connectivity index (χ2n) is 5.36. The van der Waals surface area contributed by atoms with Crippen LogP contribution in [0.15, 0.2) is 6.20 Å². The number of aliphatic hydroxyl groups excluding tert-OH is 1. The Hall–Kier alpha value is -1.48. The van der Waals surface area contributed by atoms with E-state index in [1.807, 2.05) is 0 Å². The van der Waals surface area contributed by atoms with Crippen LogP contribution in [0, 0.1) is 0 Å². The van der Waals surface area contributed by atoms with Gasteiger partial charge in [-0.15, -0.1) is 0 Å². The van der Waals surface area contributed by atoms with Crippen molar-refractivity contribution in [1.82, 2.24) is 9.78 Å². The largest absolute Gasteiger partial charge is 0.394 e. The van der Waals surface area contributed by atoms with Gasteiger partial charge in [0.1, 0.15) is 24.1 Å². The summed E-state index contributed by atoms with van der Waals surface area (Å²) in [4.78, 5) is 10.8. The minimum atomic E-state index is -0.764. The van der Waals surface area contributed by atoms with Gasteiger partial charge in [0.05, 0.1) is 18.4 Å². The molecule has 0 radical (unpaired) electrons. The van der Waals surface area contributed by atoms with Crippen LogP contribution in [0.3, 0.4) is 0 Å². The molecule has 4 atom stereocenters. The molecular formula is C12H17N3O5. The van der Waals surface area contributed by atoms with Crippen molar-refractivity contribution in [3.63, 3.8) is 0 Å². The Labute approximate surface area is 115 Å². The van der Waals surface area contributed by atoms with Crippen LogP contribution >= 0.6 is 0 Å². The Morgan fingerprint density at radius 3 is 2.80 bits per heavy atom. The smallest absolute Gasteiger partial charge is 0.181 e. The van der Waals surface area contributed by atoms with Gasteiger partial charge in [-0.1, -0.05) is 0 Å². The average molecular weight is 283 g/mol. The first-order chi connectivity index (χ1) is 9.46. The van der Waals surface area contributed by atoms with Gasteiger partial charge in [0.15, 0.2) is 18.3 Å². The summed E-state index contributed by atoms with van der Waals surface area (Å²) in [6.07, 6.45) is 0.00776. The molecule has 0 aliphatic carbocycles. The number of nitrogens with zero attached hydrogens (tertiary/aromatic N) is 2. The van der Waals surface area contributed by atoms with Crippen molar-refractivity contribution in [1.29, 1.82) is 0 Å². The van der Waals surface area contributed by atoms with Crippen molar-refractivity contribution in [3.05, 3.63) is 11.8 Å². The summed E-state index contributed by atoms with van der Waals surface area (Å²) in [5.41, 5.74) is 6.15. The summed E-state index contributed by atoms with van der Waals surface area (Å²) in [5, 5.41) is 13.5. The van der Waals surface area contributed by atoms with Gasteiger partial charge in [0.2, 0.25) is 0 Å². The molecule has 2 aliphatic rings. The fourth-order valence-electron chi connectivity index (χ4n) is 2.68. The molecule has 0 amide bonds. The van der Waals surface area contributed by atoms with E-state index >= 15 is 0 Å². The Balaban J connectivity index is 1.93. The topological polar surface area (TPSA) is 109 Å². The van der Waals surface area contributed by atoms with Crippen molar-refractivity contribution in [2.45, 2.75) is 44.2 Å². The number of aldehydes is 1. The molecule has 0 bridgehead atoms. The molecule has 2 saturated heterocycles. The molecule has 2 fully saturated rings. The third-order valence-corrected chi connectivity index (χ3v) is 3.54. The van der Waals surface area contributed by atoms with Crippen LogP contribution in [-0.2, 0) is 14.2 Å². The zero-order valence-corrected chi connectivity index (χ0v) is 11.2. The first-order valence-electron chi connectivity index (χ1n) is 6.37. The highest BCUT2D eigenvalue weighted by molar-refractivity contribution is 5.81. The fourth-order valence-corrected chi connectivity index (χ4v) is 2.68. The van der Waals surface area contributed by atoms with Crippen molar-refractivity contribution >= 4 is 12.1 Å². The molecule has 3 rings (SSSR count). The Morgan fingerprint density at radius 1 is 1.50 bits per heavy atom. The maximum absolute atomic E-state index is 10.8. The Morgan fingerprint density at radius 2 is 2.20 bits per heavy atom. The SMILES string of the molecule is CC1(C)O[C@@H]2[C@H](O1)[C@@H](CO)O[C@H]2n1ncc(C=O)c1N. The normalized spacial score (nSPS) is 35.1. The summed E-state index contributed by atoms with van der Waals surface area (Å²) in [6, 6.07) is 0. The minimum Gasteiger partial charge on any atom is -0.394 e. The number of carbonyl (C=O) groups excluding carboxylic acids is 1. The maximum atomic E-state index is 10.8. The molecule has 2 aliphatic heterocycles. The zero-order valence-electron chi connectivity index (χ0n) is 11.2. The molecule has 1 aromatic heterocycles. The lowest BCUT2D eigenvalue weighted by Gasteiger charge is -2.24. The monoisotopic (exact) mass is 283 g/mol. The molecule has 1 aromatic rings. The summed E-state index contributed by atoms with van der Waals surface area (Å²) in [6.45, 7) is 3.39. The second kappa shape index (κ2) is 4.52. The molecule has 3 heterocycles. The van der Waals surface area contributed by atoms with E-state index in [9.17, 15) is 9.90 Å². The third kappa shape index (κ3) is 1.92. The Kier molecular flexibility index (Phi) is 3.05. The van der Waals surface area contributed by atoms with Crippen LogP contribution in [-0.4, -0.2) is 51.9 Å². The predicted octanol–water partition coefficient (Wildman–Crippen LogP) is -0.312. The van der Waals surface area contributed by atoms with Gasteiger partial charge in [-0.3, -0.25) is 4.79 Å². The van der Waals surface area contributed by atoms with E-state index in [0.29, 0.717) is 6.29 Å². The molecule has 0 spiro atoms. The van der Waals surface area contributed by atoms with E-state index in [1.165, 1.54) is 10.9 Å². The first-order valence-corrected chi connectivity index (χ1v) is 6.37. The highest BCUT2D eigenvalue weighted by atomic mass is 16.8. The Bertz CT molecular complexity index is 529. The fraction of sp³-hybridized carbons (Fsp3) is 0.667. The lowest BCUT2D eigenvalue weighted by molar-refractivity contribution is -0.201. The maximum Gasteiger partial charge on any atom is 0.181 e. The van der Waals surface area contributed by atoms with Gasteiger partial charge in [0.25, 0.3) is 0 Å². The molecule has 8 heteroatoms. The van der Waals surface area contributed by atoms with Crippen molar-refractivity contribution in [3.8, 4) is 0 Å². The number of hydrogen-bond acceptors (Lipinski definition) is 7. The van der Waals surface area contributed by atoms with E-state index in [2.05, 4.69) is 5.10 Å². The van der Waals surface area contributed by atoms with Crippen LogP contribution in [0.2, 0.25) is 0 Å². The van der Waals surface area contributed by atoms with E-state index < -0.39 is 30.3 Å². The molecule has 110 valence electrons. The van der Waals surface area contributed by atoms with Crippen LogP contribution in [0.1, 0.15) is 30.4 Å². The molecular weight excluding hydrogens is 266 g/mol. The summed E-state index contributed by atoms with van der Waals surface area (Å²) < 4.78 is 18.6. The number of hydrogen-bond donors (Lipinski definition) is 2. The average Bonchev–Trinajstić information content (AvgIpc) is 3.00. The number of nitrogens with two attached hydrogens (primary N) is 1. The molecule has 20 heavy (non-hydrogen) atoms. The summed E-state index contributed by atoms with van der Waals surface area (Å²) >= 11 is 0. The lowest BCUT2D eigenvalue weighted by Crippen LogP contribution is -2.31. The van der Waals surface area contributed by atoms with Gasteiger partial charge in [-0.25, -0.2) is 4.68 Å². The first kappa shape index (κ1) is 13.5. The van der Waals surface area contributed by atoms with Gasteiger partial charge >= 0.3 is 0 Å². The van der Waals surface area contributed by atoms with Gasteiger partial charge < -0.3 is 25.1 Å². The number of rotatable bonds is 3. The van der Waals surface area contributed by atoms with Gasteiger partial charge in [-0.2, -0.15) is 5.10 Å². The van der Waals surface area contributed by atoms with Crippen molar-refractivity contribution in [2.24, 2.45) is 0 Å². The summed E-state index contributed by atoms with van der Waals surface area (Å²) in [7, 11) is 0. The molecule has 0 aromatic carbocycles. The van der Waals surface area contributed by atoms with Crippen LogP contribution in [0.25, 0.3) is 0 Å². The molecule has 0 saturated carbocycles. The molecule has 0 unspecified atom stereocenters. The highest BCUT2D eigenvalue weighted by Gasteiger charge is 2.56. The van der Waals surface area contributed by atoms with E-state index in [1.54, 1.807) is 13.8 Å². The van der Waals surface area contributed by atoms with E-state index in [-0.39, 0.29) is 18.0 Å². The number of aliphatic hydroxyl groups is 1. The standard InChI is InChI=1S/C12H17N3O5/c1-12(2)19-8-7(5-17)18-11(9(8)20-12)15-10(13)6(4-16)3-14-15/h3-4,7-9,11,17H,5,13H2,1-2H3/t7-,8-,9-,11-/m1/s1. The van der Waals surface area contributed by atoms with E-state index in [4.69, 9.17) is 19.9 Å². The molecule has 8 nitrogen and oxygen atoms in total. The van der Waals surface area contributed by atoms with Crippen molar-refractivity contribution in [2.75, 3.05) is 12.3 Å².